The van der Waals surface area contributed by atoms with Crippen molar-refractivity contribution in [3.05, 3.63) is 48.5 Å². The van der Waals surface area contributed by atoms with Gasteiger partial charge in [0.1, 0.15) is 16.7 Å². The van der Waals surface area contributed by atoms with E-state index in [1.807, 2.05) is 48.5 Å². The molecular weight excluding hydrogens is 474 g/mol. The molecule has 3 rings (SSSR count). The molecule has 7 nitrogen and oxygen atoms in total. The molecule has 1 aliphatic rings. The Morgan fingerprint density at radius 1 is 1.00 bits per heavy atom. The van der Waals surface area contributed by atoms with Gasteiger partial charge in [-0.3, -0.25) is 14.5 Å². The molecule has 2 amide bonds. The number of carbonyl (C=O) groups is 2. The van der Waals surface area contributed by atoms with E-state index in [2.05, 4.69) is 19.2 Å². The first-order valence-electron chi connectivity index (χ1n) is 12.8. The molecular formula is C28H37N3O4S. The number of nitrogens with one attached hydrogen (secondary N) is 1. The third-order valence-electron chi connectivity index (χ3n) is 5.81. The zero-order valence-electron chi connectivity index (χ0n) is 21.5. The van der Waals surface area contributed by atoms with Crippen molar-refractivity contribution in [3.63, 3.8) is 0 Å². The van der Waals surface area contributed by atoms with E-state index in [0.29, 0.717) is 29.7 Å². The first-order chi connectivity index (χ1) is 17.5. The molecule has 1 heterocycles. The third-order valence-corrected chi connectivity index (χ3v) is 7.00. The van der Waals surface area contributed by atoms with Gasteiger partial charge in [0.05, 0.1) is 19.4 Å². The number of hydrogen-bond donors (Lipinski definition) is 1. The van der Waals surface area contributed by atoms with Crippen molar-refractivity contribution in [2.45, 2.75) is 64.0 Å². The maximum atomic E-state index is 13.1. The van der Waals surface area contributed by atoms with Crippen molar-refractivity contribution in [3.8, 4) is 11.5 Å². The van der Waals surface area contributed by atoms with E-state index in [1.54, 1.807) is 12.0 Å². The highest BCUT2D eigenvalue weighted by Gasteiger charge is 2.35. The Morgan fingerprint density at radius 2 is 1.69 bits per heavy atom. The van der Waals surface area contributed by atoms with E-state index >= 15 is 0 Å². The van der Waals surface area contributed by atoms with Crippen LogP contribution in [0.25, 0.3) is 0 Å². The molecule has 0 aromatic heterocycles. The summed E-state index contributed by atoms with van der Waals surface area (Å²) in [5.41, 5.74) is 1.38. The lowest BCUT2D eigenvalue weighted by Crippen LogP contribution is -2.45. The number of benzene rings is 2. The zero-order valence-corrected chi connectivity index (χ0v) is 22.3. The van der Waals surface area contributed by atoms with E-state index in [9.17, 15) is 9.59 Å². The molecule has 1 atom stereocenters. The van der Waals surface area contributed by atoms with Gasteiger partial charge >= 0.3 is 0 Å². The number of amidine groups is 1. The fraction of sp³-hybridized carbons (Fsp3) is 0.464. The summed E-state index contributed by atoms with van der Waals surface area (Å²) in [6.45, 7) is 5.50. The van der Waals surface area contributed by atoms with E-state index in [0.717, 1.165) is 37.2 Å². The molecule has 36 heavy (non-hydrogen) atoms. The summed E-state index contributed by atoms with van der Waals surface area (Å²) in [6, 6.07) is 14.7. The fourth-order valence-corrected chi connectivity index (χ4v) is 4.90. The van der Waals surface area contributed by atoms with Gasteiger partial charge in [-0.1, -0.05) is 51.3 Å². The maximum absolute atomic E-state index is 13.1. The normalized spacial score (nSPS) is 16.8. The van der Waals surface area contributed by atoms with Crippen molar-refractivity contribution in [1.82, 2.24) is 4.90 Å². The predicted octanol–water partition coefficient (Wildman–Crippen LogP) is 6.41. The van der Waals surface area contributed by atoms with Crippen LogP contribution >= 0.6 is 11.8 Å². The molecule has 1 fully saturated rings. The van der Waals surface area contributed by atoms with Crippen molar-refractivity contribution < 1.29 is 19.1 Å². The van der Waals surface area contributed by atoms with Gasteiger partial charge in [0.2, 0.25) is 11.8 Å². The van der Waals surface area contributed by atoms with Crippen LogP contribution in [0.3, 0.4) is 0 Å². The first-order valence-corrected chi connectivity index (χ1v) is 13.7. The van der Waals surface area contributed by atoms with Crippen molar-refractivity contribution >= 4 is 40.1 Å². The first kappa shape index (κ1) is 27.6. The molecule has 0 radical (unpaired) electrons. The average Bonchev–Trinajstić information content (AvgIpc) is 2.89. The number of methoxy groups -OCH3 is 1. The second-order valence-corrected chi connectivity index (χ2v) is 9.89. The van der Waals surface area contributed by atoms with Crippen molar-refractivity contribution in [1.29, 1.82) is 0 Å². The molecule has 1 aliphatic heterocycles. The van der Waals surface area contributed by atoms with Gasteiger partial charge in [-0.25, -0.2) is 4.99 Å². The number of ether oxygens (including phenoxy) is 2. The Kier molecular flexibility index (Phi) is 11.1. The minimum absolute atomic E-state index is 0.0695. The van der Waals surface area contributed by atoms with Crippen LogP contribution in [0.1, 0.15) is 58.8 Å². The summed E-state index contributed by atoms with van der Waals surface area (Å²) in [5.74, 6) is 1.23. The molecule has 0 saturated carbocycles. The highest BCUT2D eigenvalue weighted by atomic mass is 32.2. The summed E-state index contributed by atoms with van der Waals surface area (Å²) in [4.78, 5) is 32.7. The van der Waals surface area contributed by atoms with E-state index in [-0.39, 0.29) is 18.2 Å². The van der Waals surface area contributed by atoms with E-state index in [4.69, 9.17) is 14.5 Å². The summed E-state index contributed by atoms with van der Waals surface area (Å²) >= 11 is 1.35. The summed E-state index contributed by atoms with van der Waals surface area (Å²) in [7, 11) is 1.62. The molecule has 2 aromatic carbocycles. The number of unbranched alkanes of at least 4 members (excludes halogenated alkanes) is 4. The average molecular weight is 512 g/mol. The molecule has 1 unspecified atom stereocenters. The summed E-state index contributed by atoms with van der Waals surface area (Å²) < 4.78 is 10.8. The lowest BCUT2D eigenvalue weighted by Gasteiger charge is -2.32. The van der Waals surface area contributed by atoms with Gasteiger partial charge in [-0.05, 0) is 61.4 Å². The van der Waals surface area contributed by atoms with Crippen molar-refractivity contribution in [2.75, 3.05) is 25.6 Å². The molecule has 194 valence electrons. The molecule has 8 heteroatoms. The largest absolute Gasteiger partial charge is 0.497 e. The van der Waals surface area contributed by atoms with Crippen LogP contribution in [-0.4, -0.2) is 47.4 Å². The number of rotatable bonds is 13. The van der Waals surface area contributed by atoms with Gasteiger partial charge in [0.25, 0.3) is 0 Å². The predicted molar refractivity (Wildman–Crippen MR) is 147 cm³/mol. The minimum Gasteiger partial charge on any atom is -0.497 e. The second-order valence-electron chi connectivity index (χ2n) is 8.72. The van der Waals surface area contributed by atoms with Crippen LogP contribution in [0.2, 0.25) is 0 Å². The molecule has 1 saturated heterocycles. The number of nitrogens with zero attached hydrogens (tertiary/aromatic N) is 2. The van der Waals surface area contributed by atoms with Crippen LogP contribution in [0.4, 0.5) is 11.4 Å². The molecule has 0 aliphatic carbocycles. The minimum atomic E-state index is -0.554. The van der Waals surface area contributed by atoms with Gasteiger partial charge in [-0.2, -0.15) is 0 Å². The number of thioether (sulfide) groups is 1. The van der Waals surface area contributed by atoms with Gasteiger partial charge in [0, 0.05) is 18.7 Å². The Bertz CT molecular complexity index is 1010. The number of amides is 2. The fourth-order valence-electron chi connectivity index (χ4n) is 3.78. The Balaban J connectivity index is 1.71. The zero-order chi connectivity index (χ0) is 25.8. The number of carbonyl (C=O) groups excluding carboxylic acids is 2. The van der Waals surface area contributed by atoms with Crippen LogP contribution < -0.4 is 14.8 Å². The van der Waals surface area contributed by atoms with Crippen molar-refractivity contribution in [2.24, 2.45) is 4.99 Å². The van der Waals surface area contributed by atoms with Crippen LogP contribution in [0.5, 0.6) is 11.5 Å². The Labute approximate surface area is 218 Å². The Hall–Kier alpha value is -3.00. The quantitative estimate of drug-likeness (QED) is 0.314. The second kappa shape index (κ2) is 14.5. The van der Waals surface area contributed by atoms with Crippen LogP contribution in [0.15, 0.2) is 53.5 Å². The van der Waals surface area contributed by atoms with Crippen LogP contribution in [0, 0.1) is 0 Å². The lowest BCUT2D eigenvalue weighted by molar-refractivity contribution is -0.129. The standard InChI is InChI=1S/C28H37N3O4S/c1-4-6-7-8-9-18-31-26(32)20-25(36-28(31)30-22-10-14-23(34-3)15-11-22)27(33)29-21-12-16-24(17-13-21)35-19-5-2/h10-17,25H,4-9,18-20H2,1-3H3,(H,29,33). The third kappa shape index (κ3) is 8.29. The maximum Gasteiger partial charge on any atom is 0.238 e. The monoisotopic (exact) mass is 511 g/mol. The molecule has 0 spiro atoms. The molecule has 0 bridgehead atoms. The molecule has 1 N–H and O–H groups in total. The number of anilines is 1. The van der Waals surface area contributed by atoms with Gasteiger partial charge < -0.3 is 14.8 Å². The Morgan fingerprint density at radius 3 is 2.36 bits per heavy atom. The molecule has 2 aromatic rings. The topological polar surface area (TPSA) is 80.2 Å². The summed E-state index contributed by atoms with van der Waals surface area (Å²) in [5, 5.41) is 2.95. The number of aliphatic imine (C=N–C) groups is 1. The van der Waals surface area contributed by atoms with E-state index < -0.39 is 5.25 Å². The highest BCUT2D eigenvalue weighted by Crippen LogP contribution is 2.31. The van der Waals surface area contributed by atoms with Gasteiger partial charge in [0.15, 0.2) is 5.17 Å². The van der Waals surface area contributed by atoms with E-state index in [1.165, 1.54) is 24.6 Å². The summed E-state index contributed by atoms with van der Waals surface area (Å²) in [6.07, 6.45) is 6.59. The number of hydrogen-bond acceptors (Lipinski definition) is 6. The van der Waals surface area contributed by atoms with Crippen LogP contribution in [-0.2, 0) is 9.59 Å². The smallest absolute Gasteiger partial charge is 0.238 e. The highest BCUT2D eigenvalue weighted by molar-refractivity contribution is 8.15. The SMILES string of the molecule is CCCCCCCN1C(=O)CC(C(=O)Nc2ccc(OCCC)cc2)SC1=Nc1ccc(OC)cc1. The van der Waals surface area contributed by atoms with Gasteiger partial charge in [-0.15, -0.1) is 0 Å². The lowest BCUT2D eigenvalue weighted by atomic mass is 10.1.